The van der Waals surface area contributed by atoms with Gasteiger partial charge in [-0.3, -0.25) is 4.79 Å². The van der Waals surface area contributed by atoms with Crippen molar-refractivity contribution in [3.8, 4) is 11.5 Å². The van der Waals surface area contributed by atoms with Crippen LogP contribution in [0.3, 0.4) is 0 Å². The molecule has 0 spiro atoms. The van der Waals surface area contributed by atoms with Crippen molar-refractivity contribution in [2.24, 2.45) is 5.92 Å². The molecule has 1 amide bonds. The van der Waals surface area contributed by atoms with Crippen molar-refractivity contribution in [3.63, 3.8) is 0 Å². The van der Waals surface area contributed by atoms with Gasteiger partial charge in [0.1, 0.15) is 11.6 Å². The van der Waals surface area contributed by atoms with E-state index in [0.717, 1.165) is 6.07 Å². The Morgan fingerprint density at radius 2 is 1.92 bits per heavy atom. The summed E-state index contributed by atoms with van der Waals surface area (Å²) in [5.41, 5.74) is 0.629. The second-order valence-electron chi connectivity index (χ2n) is 6.06. The molecule has 1 N–H and O–H groups in total. The number of anilines is 1. The molecule has 0 atom stereocenters. The minimum absolute atomic E-state index is 0.0870. The summed E-state index contributed by atoms with van der Waals surface area (Å²) in [7, 11) is 1.54. The van der Waals surface area contributed by atoms with Crippen LogP contribution in [0, 0.1) is 17.6 Å². The fourth-order valence-corrected chi connectivity index (χ4v) is 2.10. The summed E-state index contributed by atoms with van der Waals surface area (Å²) in [6, 6.07) is 8.22. The predicted octanol–water partition coefficient (Wildman–Crippen LogP) is 4.66. The second-order valence-corrected chi connectivity index (χ2v) is 6.06. The van der Waals surface area contributed by atoms with Gasteiger partial charge in [0, 0.05) is 12.1 Å². The molecule has 4 nitrogen and oxygen atoms in total. The lowest BCUT2D eigenvalue weighted by atomic mass is 10.2. The van der Waals surface area contributed by atoms with Gasteiger partial charge in [-0.15, -0.1) is 0 Å². The molecule has 26 heavy (non-hydrogen) atoms. The summed E-state index contributed by atoms with van der Waals surface area (Å²) in [6.07, 6.45) is 2.82. The Labute approximate surface area is 151 Å². The number of methoxy groups -OCH3 is 1. The maximum Gasteiger partial charge on any atom is 0.248 e. The normalized spacial score (nSPS) is 11.0. The van der Waals surface area contributed by atoms with Crippen molar-refractivity contribution < 1.29 is 23.0 Å². The number of halogens is 2. The Morgan fingerprint density at radius 1 is 1.15 bits per heavy atom. The molecule has 0 aliphatic carbocycles. The molecule has 2 aromatic rings. The van der Waals surface area contributed by atoms with E-state index in [2.05, 4.69) is 5.32 Å². The summed E-state index contributed by atoms with van der Waals surface area (Å²) in [4.78, 5) is 11.9. The number of carbonyl (C=O) groups is 1. The molecule has 2 aromatic carbocycles. The van der Waals surface area contributed by atoms with Gasteiger partial charge < -0.3 is 14.8 Å². The largest absolute Gasteiger partial charge is 0.493 e. The highest BCUT2D eigenvalue weighted by Gasteiger charge is 2.08. The zero-order valence-electron chi connectivity index (χ0n) is 14.9. The smallest absolute Gasteiger partial charge is 0.248 e. The fourth-order valence-electron chi connectivity index (χ4n) is 2.10. The molecule has 0 unspecified atom stereocenters. The van der Waals surface area contributed by atoms with E-state index in [0.29, 0.717) is 35.7 Å². The van der Waals surface area contributed by atoms with E-state index in [-0.39, 0.29) is 5.69 Å². The third-order valence-corrected chi connectivity index (χ3v) is 3.38. The standard InChI is InChI=1S/C20H21F2NO3/c1-13(2)12-26-18-8-4-14(10-19(18)25-3)5-9-20(24)23-17-7-6-15(21)11-16(17)22/h4-11,13H,12H2,1-3H3,(H,23,24). The molecule has 0 aliphatic rings. The van der Waals surface area contributed by atoms with Crippen LogP contribution in [0.4, 0.5) is 14.5 Å². The van der Waals surface area contributed by atoms with Crippen LogP contribution in [0.15, 0.2) is 42.5 Å². The van der Waals surface area contributed by atoms with Crippen molar-refractivity contribution in [1.29, 1.82) is 0 Å². The molecule has 138 valence electrons. The number of hydrogen-bond acceptors (Lipinski definition) is 3. The number of hydrogen-bond donors (Lipinski definition) is 1. The Balaban J connectivity index is 2.05. The SMILES string of the molecule is COc1cc(C=CC(=O)Nc2ccc(F)cc2F)ccc1OCC(C)C. The van der Waals surface area contributed by atoms with E-state index >= 15 is 0 Å². The van der Waals surface area contributed by atoms with Crippen LogP contribution >= 0.6 is 0 Å². The Kier molecular flexibility index (Phi) is 6.72. The number of ether oxygens (including phenoxy) is 2. The van der Waals surface area contributed by atoms with E-state index in [1.807, 2.05) is 13.8 Å². The predicted molar refractivity (Wildman–Crippen MR) is 97.3 cm³/mol. The number of benzene rings is 2. The first kappa shape index (κ1) is 19.4. The van der Waals surface area contributed by atoms with Crippen molar-refractivity contribution >= 4 is 17.7 Å². The second kappa shape index (κ2) is 8.99. The molecule has 0 saturated carbocycles. The number of rotatable bonds is 7. The number of carbonyl (C=O) groups excluding carboxylic acids is 1. The first-order valence-corrected chi connectivity index (χ1v) is 8.14. The molecule has 0 aromatic heterocycles. The Hall–Kier alpha value is -2.89. The van der Waals surface area contributed by atoms with Gasteiger partial charge in [0.05, 0.1) is 19.4 Å². The average Bonchev–Trinajstić information content (AvgIpc) is 2.60. The van der Waals surface area contributed by atoms with E-state index in [1.54, 1.807) is 24.3 Å². The summed E-state index contributed by atoms with van der Waals surface area (Å²) in [6.45, 7) is 4.66. The highest BCUT2D eigenvalue weighted by atomic mass is 19.1. The average molecular weight is 361 g/mol. The van der Waals surface area contributed by atoms with Crippen LogP contribution in [0.1, 0.15) is 19.4 Å². The Morgan fingerprint density at radius 3 is 2.58 bits per heavy atom. The molecular formula is C20H21F2NO3. The Bertz CT molecular complexity index is 804. The monoisotopic (exact) mass is 361 g/mol. The molecule has 0 radical (unpaired) electrons. The highest BCUT2D eigenvalue weighted by molar-refractivity contribution is 6.02. The summed E-state index contributed by atoms with van der Waals surface area (Å²) < 4.78 is 37.4. The zero-order chi connectivity index (χ0) is 19.1. The lowest BCUT2D eigenvalue weighted by Gasteiger charge is -2.12. The lowest BCUT2D eigenvalue weighted by Crippen LogP contribution is -2.09. The first-order chi connectivity index (χ1) is 12.4. The molecule has 0 saturated heterocycles. The lowest BCUT2D eigenvalue weighted by molar-refractivity contribution is -0.111. The van der Waals surface area contributed by atoms with Gasteiger partial charge in [-0.05, 0) is 41.8 Å². The van der Waals surface area contributed by atoms with Crippen LogP contribution in [-0.2, 0) is 4.79 Å². The van der Waals surface area contributed by atoms with Crippen molar-refractivity contribution in [2.75, 3.05) is 19.0 Å². The summed E-state index contributed by atoms with van der Waals surface area (Å²) >= 11 is 0. The summed E-state index contributed by atoms with van der Waals surface area (Å²) in [5.74, 6) is -0.513. The van der Waals surface area contributed by atoms with Crippen molar-refractivity contribution in [3.05, 3.63) is 59.7 Å². The van der Waals surface area contributed by atoms with Gasteiger partial charge in [-0.2, -0.15) is 0 Å². The van der Waals surface area contributed by atoms with Crippen LogP contribution in [-0.4, -0.2) is 19.6 Å². The zero-order valence-corrected chi connectivity index (χ0v) is 14.9. The summed E-state index contributed by atoms with van der Waals surface area (Å²) in [5, 5.41) is 2.36. The van der Waals surface area contributed by atoms with E-state index in [1.165, 1.54) is 19.3 Å². The third kappa shape index (κ3) is 5.58. The molecule has 0 fully saturated rings. The van der Waals surface area contributed by atoms with Crippen molar-refractivity contribution in [2.45, 2.75) is 13.8 Å². The van der Waals surface area contributed by atoms with E-state index < -0.39 is 17.5 Å². The molecule has 6 heteroatoms. The molecule has 0 bridgehead atoms. The maximum atomic E-state index is 13.5. The van der Waals surface area contributed by atoms with Crippen LogP contribution in [0.2, 0.25) is 0 Å². The molecule has 0 heterocycles. The third-order valence-electron chi connectivity index (χ3n) is 3.38. The van der Waals surface area contributed by atoms with E-state index in [9.17, 15) is 13.6 Å². The van der Waals surface area contributed by atoms with E-state index in [4.69, 9.17) is 9.47 Å². The fraction of sp³-hybridized carbons (Fsp3) is 0.250. The maximum absolute atomic E-state index is 13.5. The van der Waals surface area contributed by atoms with Crippen molar-refractivity contribution in [1.82, 2.24) is 0 Å². The molecule has 2 rings (SSSR count). The van der Waals surface area contributed by atoms with Crippen LogP contribution in [0.5, 0.6) is 11.5 Å². The first-order valence-electron chi connectivity index (χ1n) is 8.14. The topological polar surface area (TPSA) is 47.6 Å². The number of amides is 1. The highest BCUT2D eigenvalue weighted by Crippen LogP contribution is 2.29. The van der Waals surface area contributed by atoms with Crippen LogP contribution in [0.25, 0.3) is 6.08 Å². The number of nitrogens with one attached hydrogen (secondary N) is 1. The minimum atomic E-state index is -0.833. The minimum Gasteiger partial charge on any atom is -0.493 e. The van der Waals surface area contributed by atoms with Gasteiger partial charge >= 0.3 is 0 Å². The van der Waals surface area contributed by atoms with Gasteiger partial charge in [0.2, 0.25) is 5.91 Å². The van der Waals surface area contributed by atoms with Gasteiger partial charge in [-0.25, -0.2) is 8.78 Å². The van der Waals surface area contributed by atoms with Gasteiger partial charge in [0.15, 0.2) is 11.5 Å². The molecular weight excluding hydrogens is 340 g/mol. The molecule has 0 aliphatic heterocycles. The van der Waals surface area contributed by atoms with Crippen LogP contribution < -0.4 is 14.8 Å². The van der Waals surface area contributed by atoms with Gasteiger partial charge in [-0.1, -0.05) is 19.9 Å². The quantitative estimate of drug-likeness (QED) is 0.730. The van der Waals surface area contributed by atoms with Gasteiger partial charge in [0.25, 0.3) is 0 Å².